The molecule has 0 aliphatic rings. The fraction of sp³-hybridized carbons (Fsp3) is 0.600. The third-order valence-corrected chi connectivity index (χ3v) is 5.40. The zero-order valence-electron chi connectivity index (χ0n) is 13.2. The number of benzene rings is 1. The van der Waals surface area contributed by atoms with Crippen molar-refractivity contribution in [3.8, 4) is 0 Å². The third kappa shape index (κ3) is 5.07. The van der Waals surface area contributed by atoms with Crippen LogP contribution >= 0.6 is 0 Å². The van der Waals surface area contributed by atoms with Crippen LogP contribution < -0.4 is 5.73 Å². The Balaban J connectivity index is 2.82. The number of rotatable bonds is 8. The van der Waals surface area contributed by atoms with Crippen LogP contribution in [0.3, 0.4) is 0 Å². The highest BCUT2D eigenvalue weighted by Crippen LogP contribution is 2.17. The van der Waals surface area contributed by atoms with Gasteiger partial charge in [0.15, 0.2) is 0 Å². The van der Waals surface area contributed by atoms with Crippen LogP contribution in [0.25, 0.3) is 0 Å². The van der Waals surface area contributed by atoms with Gasteiger partial charge in [0.05, 0.1) is 11.5 Å². The van der Waals surface area contributed by atoms with Crippen molar-refractivity contribution in [1.82, 2.24) is 4.31 Å². The van der Waals surface area contributed by atoms with Gasteiger partial charge in [-0.15, -0.1) is 0 Å². The van der Waals surface area contributed by atoms with Gasteiger partial charge in [-0.1, -0.05) is 26.0 Å². The summed E-state index contributed by atoms with van der Waals surface area (Å²) in [5, 5.41) is 0. The van der Waals surface area contributed by atoms with Gasteiger partial charge in [-0.3, -0.25) is 0 Å². The summed E-state index contributed by atoms with van der Waals surface area (Å²) >= 11 is 0. The van der Waals surface area contributed by atoms with Gasteiger partial charge in [0.25, 0.3) is 0 Å². The normalized spacial score (nSPS) is 13.9. The van der Waals surface area contributed by atoms with E-state index in [1.165, 1.54) is 4.31 Å². The molecule has 1 aromatic rings. The minimum atomic E-state index is -3.48. The van der Waals surface area contributed by atoms with Crippen LogP contribution in [0, 0.1) is 5.92 Å². The molecule has 0 aliphatic carbocycles. The molecule has 0 aromatic heterocycles. The molecule has 1 rings (SSSR count). The van der Waals surface area contributed by atoms with Crippen LogP contribution in [0.5, 0.6) is 0 Å². The second-order valence-corrected chi connectivity index (χ2v) is 7.65. The van der Waals surface area contributed by atoms with Crippen LogP contribution in [0.1, 0.15) is 25.8 Å². The van der Waals surface area contributed by atoms with Gasteiger partial charge in [0.2, 0.25) is 10.0 Å². The number of sulfonamides is 1. The highest BCUT2D eigenvalue weighted by atomic mass is 32.2. The minimum Gasteiger partial charge on any atom is -0.380 e. The van der Waals surface area contributed by atoms with E-state index < -0.39 is 10.0 Å². The lowest BCUT2D eigenvalue weighted by Gasteiger charge is -2.21. The molecule has 0 spiro atoms. The first-order valence-electron chi connectivity index (χ1n) is 7.08. The van der Waals surface area contributed by atoms with Gasteiger partial charge in [-0.25, -0.2) is 12.7 Å². The molecule has 0 fully saturated rings. The largest absolute Gasteiger partial charge is 0.380 e. The van der Waals surface area contributed by atoms with Gasteiger partial charge >= 0.3 is 0 Å². The maximum Gasteiger partial charge on any atom is 0.242 e. The van der Waals surface area contributed by atoms with Crippen LogP contribution in [-0.2, 0) is 21.4 Å². The number of methoxy groups -OCH3 is 1. The molecular weight excluding hydrogens is 288 g/mol. The van der Waals surface area contributed by atoms with Crippen LogP contribution in [0.4, 0.5) is 0 Å². The SMILES string of the molecule is COCc1cccc(S(=O)(=O)N(C)CCC(N)C(C)C)c1. The van der Waals surface area contributed by atoms with Gasteiger partial charge in [0.1, 0.15) is 0 Å². The molecule has 0 bridgehead atoms. The summed E-state index contributed by atoms with van der Waals surface area (Å²) in [4.78, 5) is 0.290. The molecule has 6 heteroatoms. The summed E-state index contributed by atoms with van der Waals surface area (Å²) in [6.07, 6.45) is 0.644. The monoisotopic (exact) mass is 314 g/mol. The number of nitrogens with zero attached hydrogens (tertiary/aromatic N) is 1. The Morgan fingerprint density at radius 3 is 2.57 bits per heavy atom. The van der Waals surface area contributed by atoms with E-state index in [-0.39, 0.29) is 10.9 Å². The van der Waals surface area contributed by atoms with Crippen LogP contribution in [0.2, 0.25) is 0 Å². The van der Waals surface area contributed by atoms with Gasteiger partial charge < -0.3 is 10.5 Å². The molecule has 0 radical (unpaired) electrons. The lowest BCUT2D eigenvalue weighted by Crippen LogP contribution is -2.34. The molecule has 0 heterocycles. The molecule has 120 valence electrons. The Hall–Kier alpha value is -0.950. The molecular formula is C15H26N2O3S. The Morgan fingerprint density at radius 2 is 2.00 bits per heavy atom. The van der Waals surface area contributed by atoms with E-state index >= 15 is 0 Å². The summed E-state index contributed by atoms with van der Waals surface area (Å²) in [5.74, 6) is 0.339. The third-order valence-electron chi connectivity index (χ3n) is 3.55. The number of hydrogen-bond donors (Lipinski definition) is 1. The van der Waals surface area contributed by atoms with E-state index in [0.717, 1.165) is 5.56 Å². The van der Waals surface area contributed by atoms with Crippen LogP contribution in [0.15, 0.2) is 29.2 Å². The molecule has 1 aromatic carbocycles. The Labute approximate surface area is 128 Å². The van der Waals surface area contributed by atoms with Crippen molar-refractivity contribution in [3.05, 3.63) is 29.8 Å². The average Bonchev–Trinajstić information content (AvgIpc) is 2.44. The highest BCUT2D eigenvalue weighted by molar-refractivity contribution is 7.89. The van der Waals surface area contributed by atoms with E-state index in [9.17, 15) is 8.42 Å². The highest BCUT2D eigenvalue weighted by Gasteiger charge is 2.21. The van der Waals surface area contributed by atoms with E-state index in [0.29, 0.717) is 25.5 Å². The smallest absolute Gasteiger partial charge is 0.242 e. The first kappa shape index (κ1) is 18.1. The molecule has 0 saturated heterocycles. The summed E-state index contributed by atoms with van der Waals surface area (Å²) in [6.45, 7) is 4.88. The van der Waals surface area contributed by atoms with Crippen molar-refractivity contribution >= 4 is 10.0 Å². The topological polar surface area (TPSA) is 72.6 Å². The van der Waals surface area contributed by atoms with Crippen molar-refractivity contribution in [2.75, 3.05) is 20.7 Å². The lowest BCUT2D eigenvalue weighted by molar-refractivity contribution is 0.184. The first-order chi connectivity index (χ1) is 9.78. The molecule has 0 saturated carbocycles. The second kappa shape index (κ2) is 7.89. The molecule has 5 nitrogen and oxygen atoms in total. The fourth-order valence-corrected chi connectivity index (χ4v) is 3.18. The summed E-state index contributed by atoms with van der Waals surface area (Å²) < 4.78 is 31.4. The molecule has 1 atom stereocenters. The average molecular weight is 314 g/mol. The number of ether oxygens (including phenoxy) is 1. The summed E-state index contributed by atoms with van der Waals surface area (Å²) in [7, 11) is -0.306. The van der Waals surface area contributed by atoms with E-state index in [1.807, 2.05) is 19.9 Å². The minimum absolute atomic E-state index is 0.00229. The van der Waals surface area contributed by atoms with Crippen molar-refractivity contribution in [2.45, 2.75) is 37.8 Å². The fourth-order valence-electron chi connectivity index (χ4n) is 1.93. The lowest BCUT2D eigenvalue weighted by atomic mass is 10.0. The summed E-state index contributed by atoms with van der Waals surface area (Å²) in [5.41, 5.74) is 6.81. The second-order valence-electron chi connectivity index (χ2n) is 5.60. The predicted molar refractivity (Wildman–Crippen MR) is 84.4 cm³/mol. The Bertz CT molecular complexity index is 544. The summed E-state index contributed by atoms with van der Waals surface area (Å²) in [6, 6.07) is 6.83. The van der Waals surface area contributed by atoms with E-state index in [1.54, 1.807) is 32.4 Å². The molecule has 0 amide bonds. The molecule has 1 unspecified atom stereocenters. The van der Waals surface area contributed by atoms with Crippen LogP contribution in [-0.4, -0.2) is 39.5 Å². The Morgan fingerprint density at radius 1 is 1.33 bits per heavy atom. The maximum atomic E-state index is 12.5. The van der Waals surface area contributed by atoms with Gasteiger partial charge in [0, 0.05) is 26.7 Å². The number of hydrogen-bond acceptors (Lipinski definition) is 4. The Kier molecular flexibility index (Phi) is 6.80. The standard InChI is InChI=1S/C15H26N2O3S/c1-12(2)15(16)8-9-17(3)21(18,19)14-7-5-6-13(10-14)11-20-4/h5-7,10,12,15H,8-9,11,16H2,1-4H3. The van der Waals surface area contributed by atoms with Crippen molar-refractivity contribution in [3.63, 3.8) is 0 Å². The molecule has 2 N–H and O–H groups in total. The van der Waals surface area contributed by atoms with E-state index in [2.05, 4.69) is 0 Å². The zero-order chi connectivity index (χ0) is 16.0. The van der Waals surface area contributed by atoms with Crippen molar-refractivity contribution in [2.24, 2.45) is 11.7 Å². The maximum absolute atomic E-state index is 12.5. The van der Waals surface area contributed by atoms with E-state index in [4.69, 9.17) is 10.5 Å². The number of nitrogens with two attached hydrogens (primary N) is 1. The van der Waals surface area contributed by atoms with Crippen molar-refractivity contribution < 1.29 is 13.2 Å². The van der Waals surface area contributed by atoms with Crippen molar-refractivity contribution in [1.29, 1.82) is 0 Å². The van der Waals surface area contributed by atoms with Gasteiger partial charge in [-0.2, -0.15) is 0 Å². The first-order valence-corrected chi connectivity index (χ1v) is 8.52. The predicted octanol–water partition coefficient (Wildman–Crippen LogP) is 1.83. The van der Waals surface area contributed by atoms with Gasteiger partial charge in [-0.05, 0) is 30.0 Å². The molecule has 0 aliphatic heterocycles. The molecule has 21 heavy (non-hydrogen) atoms. The quantitative estimate of drug-likeness (QED) is 0.794. The zero-order valence-corrected chi connectivity index (χ0v) is 14.1.